The lowest BCUT2D eigenvalue weighted by Gasteiger charge is -2.01. The summed E-state index contributed by atoms with van der Waals surface area (Å²) in [6.45, 7) is 4.54. The molecule has 18 heavy (non-hydrogen) atoms. The molecule has 0 unspecified atom stereocenters. The molecule has 0 bridgehead atoms. The van der Waals surface area contributed by atoms with Gasteiger partial charge in [-0.3, -0.25) is 0 Å². The van der Waals surface area contributed by atoms with Crippen LogP contribution in [0.3, 0.4) is 0 Å². The van der Waals surface area contributed by atoms with Gasteiger partial charge in [0.1, 0.15) is 5.82 Å². The van der Waals surface area contributed by atoms with Gasteiger partial charge in [0.05, 0.1) is 8.80 Å². The average molecular weight is 253 g/mol. The van der Waals surface area contributed by atoms with Crippen molar-refractivity contribution in [2.24, 2.45) is 0 Å². The molecule has 0 atom stereocenters. The molecule has 0 spiro atoms. The second-order valence-electron chi connectivity index (χ2n) is 4.33. The predicted octanol–water partition coefficient (Wildman–Crippen LogP) is 3.19. The van der Waals surface area contributed by atoms with Crippen molar-refractivity contribution >= 4 is 14.0 Å². The van der Waals surface area contributed by atoms with E-state index >= 15 is 0 Å². The molecule has 0 saturated carbocycles. The molecule has 0 saturated heterocycles. The summed E-state index contributed by atoms with van der Waals surface area (Å²) in [5.74, 6) is 5.88. The topological polar surface area (TPSA) is 0 Å². The van der Waals surface area contributed by atoms with Gasteiger partial charge < -0.3 is 0 Å². The van der Waals surface area contributed by atoms with E-state index in [-0.39, 0.29) is 14.6 Å². The minimum absolute atomic E-state index is 0.231. The van der Waals surface area contributed by atoms with Crippen molar-refractivity contribution in [1.29, 1.82) is 0 Å². The van der Waals surface area contributed by atoms with E-state index < -0.39 is 0 Å². The number of hydrogen-bond donors (Lipinski definition) is 0. The summed E-state index contributed by atoms with van der Waals surface area (Å²) in [7, 11) is -0.390. The zero-order valence-corrected chi connectivity index (χ0v) is 11.5. The Kier molecular flexibility index (Phi) is 3.96. The van der Waals surface area contributed by atoms with E-state index in [0.29, 0.717) is 0 Å². The summed E-state index contributed by atoms with van der Waals surface area (Å²) in [6, 6.07) is 14.6. The summed E-state index contributed by atoms with van der Waals surface area (Å²) in [5, 5.41) is 1.41. The third kappa shape index (κ3) is 3.32. The molecule has 0 aliphatic rings. The van der Waals surface area contributed by atoms with Crippen molar-refractivity contribution in [1.82, 2.24) is 0 Å². The summed E-state index contributed by atoms with van der Waals surface area (Å²) < 4.78 is 12.7. The molecule has 0 N–H and O–H groups in total. The lowest BCUT2D eigenvalue weighted by molar-refractivity contribution is 0.627. The van der Waals surface area contributed by atoms with Crippen molar-refractivity contribution in [2.45, 2.75) is 13.1 Å². The second-order valence-corrected chi connectivity index (χ2v) is 6.91. The molecule has 0 aliphatic carbocycles. The number of halogens is 1. The van der Waals surface area contributed by atoms with Crippen LogP contribution in [0.2, 0.25) is 13.1 Å². The van der Waals surface area contributed by atoms with E-state index in [1.54, 1.807) is 12.1 Å². The maximum absolute atomic E-state index is 12.7. The maximum atomic E-state index is 12.7. The van der Waals surface area contributed by atoms with Gasteiger partial charge in [-0.25, -0.2) is 4.39 Å². The largest absolute Gasteiger partial charge is 0.207 e. The van der Waals surface area contributed by atoms with Crippen LogP contribution in [-0.4, -0.2) is 8.80 Å². The van der Waals surface area contributed by atoms with Crippen LogP contribution < -0.4 is 5.19 Å². The standard InChI is InChI=1S/C16H14FSi/c1-18(2)16-11-7-14(8-12-16)4-3-13-5-9-15(17)10-6-13/h5-12H,1-2H3. The fourth-order valence-corrected chi connectivity index (χ4v) is 2.40. The molecule has 0 aromatic heterocycles. The van der Waals surface area contributed by atoms with Gasteiger partial charge in [0, 0.05) is 11.1 Å². The van der Waals surface area contributed by atoms with Gasteiger partial charge in [-0.1, -0.05) is 42.3 Å². The average Bonchev–Trinajstić information content (AvgIpc) is 2.38. The molecule has 2 rings (SSSR count). The van der Waals surface area contributed by atoms with Gasteiger partial charge in [0.25, 0.3) is 0 Å². The minimum Gasteiger partial charge on any atom is -0.207 e. The summed E-state index contributed by atoms with van der Waals surface area (Å²) in [6.07, 6.45) is 0. The quantitative estimate of drug-likeness (QED) is 0.541. The molecule has 0 heterocycles. The zero-order chi connectivity index (χ0) is 13.0. The second kappa shape index (κ2) is 5.66. The van der Waals surface area contributed by atoms with Crippen LogP contribution in [0, 0.1) is 17.7 Å². The van der Waals surface area contributed by atoms with Gasteiger partial charge in [-0.15, -0.1) is 0 Å². The van der Waals surface area contributed by atoms with E-state index in [1.165, 1.54) is 17.3 Å². The number of rotatable bonds is 1. The molecule has 0 aliphatic heterocycles. The highest BCUT2D eigenvalue weighted by Gasteiger charge is 1.99. The molecule has 0 amide bonds. The predicted molar refractivity (Wildman–Crippen MR) is 75.9 cm³/mol. The molecule has 2 aromatic carbocycles. The lowest BCUT2D eigenvalue weighted by atomic mass is 10.2. The fraction of sp³-hybridized carbons (Fsp3) is 0.125. The Morgan fingerprint density at radius 3 is 1.67 bits per heavy atom. The SMILES string of the molecule is C[Si](C)c1ccc(C#Cc2ccc(F)cc2)cc1. The Hall–Kier alpha value is -1.85. The molecule has 2 aromatic rings. The number of hydrogen-bond acceptors (Lipinski definition) is 0. The van der Waals surface area contributed by atoms with E-state index in [4.69, 9.17) is 0 Å². The summed E-state index contributed by atoms with van der Waals surface area (Å²) in [4.78, 5) is 0. The highest BCUT2D eigenvalue weighted by atomic mass is 28.3. The first-order valence-corrected chi connectivity index (χ1v) is 8.33. The van der Waals surface area contributed by atoms with E-state index in [0.717, 1.165) is 11.1 Å². The van der Waals surface area contributed by atoms with E-state index in [1.807, 2.05) is 12.1 Å². The van der Waals surface area contributed by atoms with Crippen LogP contribution in [-0.2, 0) is 0 Å². The Bertz CT molecular complexity index is 571. The molecule has 1 radical (unpaired) electrons. The third-order valence-corrected chi connectivity index (χ3v) is 4.15. The smallest absolute Gasteiger partial charge is 0.123 e. The van der Waals surface area contributed by atoms with Crippen LogP contribution in [0.15, 0.2) is 48.5 Å². The van der Waals surface area contributed by atoms with Crippen molar-refractivity contribution in [3.05, 3.63) is 65.5 Å². The first-order valence-electron chi connectivity index (χ1n) is 5.83. The third-order valence-electron chi connectivity index (χ3n) is 2.66. The normalized spacial score (nSPS) is 10.0. The Balaban J connectivity index is 2.17. The monoisotopic (exact) mass is 253 g/mol. The Morgan fingerprint density at radius 1 is 0.778 bits per heavy atom. The summed E-state index contributed by atoms with van der Waals surface area (Å²) >= 11 is 0. The van der Waals surface area contributed by atoms with Gasteiger partial charge in [0.2, 0.25) is 0 Å². The minimum atomic E-state index is -0.390. The molecule has 0 fully saturated rings. The van der Waals surface area contributed by atoms with Crippen LogP contribution in [0.5, 0.6) is 0 Å². The highest BCUT2D eigenvalue weighted by molar-refractivity contribution is 6.70. The summed E-state index contributed by atoms with van der Waals surface area (Å²) in [5.41, 5.74) is 1.82. The van der Waals surface area contributed by atoms with Crippen LogP contribution in [0.25, 0.3) is 0 Å². The molecular formula is C16H14FSi. The van der Waals surface area contributed by atoms with Gasteiger partial charge in [-0.2, -0.15) is 0 Å². The van der Waals surface area contributed by atoms with Gasteiger partial charge in [-0.05, 0) is 36.4 Å². The van der Waals surface area contributed by atoms with Crippen molar-refractivity contribution in [2.75, 3.05) is 0 Å². The fourth-order valence-electron chi connectivity index (χ4n) is 1.56. The van der Waals surface area contributed by atoms with E-state index in [9.17, 15) is 4.39 Å². The van der Waals surface area contributed by atoms with Crippen molar-refractivity contribution in [3.8, 4) is 11.8 Å². The number of benzene rings is 2. The van der Waals surface area contributed by atoms with E-state index in [2.05, 4.69) is 37.1 Å². The van der Waals surface area contributed by atoms with Gasteiger partial charge in [0.15, 0.2) is 0 Å². The molecule has 2 heteroatoms. The Morgan fingerprint density at radius 2 is 1.22 bits per heavy atom. The highest BCUT2D eigenvalue weighted by Crippen LogP contribution is 2.02. The van der Waals surface area contributed by atoms with Gasteiger partial charge >= 0.3 is 0 Å². The maximum Gasteiger partial charge on any atom is 0.123 e. The zero-order valence-electron chi connectivity index (χ0n) is 10.5. The first kappa shape index (κ1) is 12.6. The lowest BCUT2D eigenvalue weighted by Crippen LogP contribution is -2.21. The van der Waals surface area contributed by atoms with Crippen LogP contribution >= 0.6 is 0 Å². The van der Waals surface area contributed by atoms with Crippen molar-refractivity contribution < 1.29 is 4.39 Å². The Labute approximate surface area is 109 Å². The molecular weight excluding hydrogens is 239 g/mol. The molecule has 0 nitrogen and oxygen atoms in total. The van der Waals surface area contributed by atoms with Crippen LogP contribution in [0.1, 0.15) is 11.1 Å². The first-order chi connectivity index (χ1) is 8.65. The van der Waals surface area contributed by atoms with Crippen molar-refractivity contribution in [3.63, 3.8) is 0 Å². The van der Waals surface area contributed by atoms with Crippen LogP contribution in [0.4, 0.5) is 4.39 Å². The molecule has 89 valence electrons.